The third-order valence-electron chi connectivity index (χ3n) is 1.29. The van der Waals surface area contributed by atoms with E-state index in [-0.39, 0.29) is 6.42 Å². The largest absolute Gasteiger partial charge is 0.409 e. The molecule has 11 heavy (non-hydrogen) atoms. The number of nitrogens with zero attached hydrogens (tertiary/aromatic N) is 2. The first-order valence-electron chi connectivity index (χ1n) is 3.10. The number of nitriles is 1. The van der Waals surface area contributed by atoms with Gasteiger partial charge in [0.05, 0.1) is 12.5 Å². The smallest absolute Gasteiger partial charge is 0.173 e. The fourth-order valence-corrected chi connectivity index (χ4v) is 0.784. The van der Waals surface area contributed by atoms with Gasteiger partial charge in [-0.15, -0.1) is 0 Å². The van der Waals surface area contributed by atoms with Crippen LogP contribution < -0.4 is 5.49 Å². The molecule has 0 radical (unpaired) electrons. The molecule has 1 rings (SSSR count). The second-order valence-corrected chi connectivity index (χ2v) is 1.98. The standard InChI is InChI=1S/C7H7N3O/c8-4-3-6-2-1-5-9-7(6)10-11/h1-2,5,11H,3H2,(H,9,10). The van der Waals surface area contributed by atoms with E-state index >= 15 is 0 Å². The summed E-state index contributed by atoms with van der Waals surface area (Å²) in [4.78, 5) is 2.70. The third-order valence-corrected chi connectivity index (χ3v) is 1.29. The highest BCUT2D eigenvalue weighted by atomic mass is 16.4. The highest BCUT2D eigenvalue weighted by Gasteiger charge is 1.93. The van der Waals surface area contributed by atoms with Crippen molar-refractivity contribution in [3.05, 3.63) is 29.4 Å². The van der Waals surface area contributed by atoms with Crippen LogP contribution in [0.2, 0.25) is 0 Å². The first-order chi connectivity index (χ1) is 5.38. The van der Waals surface area contributed by atoms with Gasteiger partial charge in [0.1, 0.15) is 0 Å². The first-order valence-corrected chi connectivity index (χ1v) is 3.10. The van der Waals surface area contributed by atoms with E-state index in [4.69, 9.17) is 10.5 Å². The molecule has 2 N–H and O–H groups in total. The minimum atomic E-state index is 0.247. The van der Waals surface area contributed by atoms with E-state index in [0.29, 0.717) is 11.1 Å². The van der Waals surface area contributed by atoms with Gasteiger partial charge in [-0.25, -0.2) is 0 Å². The van der Waals surface area contributed by atoms with Gasteiger partial charge < -0.3 is 10.2 Å². The molecule has 4 nitrogen and oxygen atoms in total. The van der Waals surface area contributed by atoms with Crippen LogP contribution in [0.25, 0.3) is 0 Å². The Morgan fingerprint density at radius 2 is 2.55 bits per heavy atom. The van der Waals surface area contributed by atoms with E-state index in [1.165, 1.54) is 0 Å². The van der Waals surface area contributed by atoms with Gasteiger partial charge in [-0.05, 0) is 6.07 Å². The number of rotatable bonds is 1. The lowest BCUT2D eigenvalue weighted by Crippen LogP contribution is -2.12. The van der Waals surface area contributed by atoms with Crippen molar-refractivity contribution in [3.8, 4) is 6.07 Å². The lowest BCUT2D eigenvalue weighted by atomic mass is 10.2. The zero-order chi connectivity index (χ0) is 8.10. The van der Waals surface area contributed by atoms with Crippen LogP contribution in [-0.2, 0) is 6.42 Å². The van der Waals surface area contributed by atoms with Crippen LogP contribution in [0.15, 0.2) is 23.5 Å². The summed E-state index contributed by atoms with van der Waals surface area (Å²) >= 11 is 0. The van der Waals surface area contributed by atoms with E-state index in [1.807, 2.05) is 6.07 Å². The molecular weight excluding hydrogens is 142 g/mol. The van der Waals surface area contributed by atoms with Crippen molar-refractivity contribution in [2.75, 3.05) is 0 Å². The first kappa shape index (κ1) is 7.35. The molecule has 0 aromatic carbocycles. The molecule has 0 bridgehead atoms. The zero-order valence-corrected chi connectivity index (χ0v) is 5.78. The molecule has 0 spiro atoms. The summed E-state index contributed by atoms with van der Waals surface area (Å²) in [6.45, 7) is 0. The number of pyridine rings is 1. The van der Waals surface area contributed by atoms with Crippen molar-refractivity contribution in [2.45, 2.75) is 6.42 Å². The van der Waals surface area contributed by atoms with E-state index in [2.05, 4.69) is 10.1 Å². The Balaban J connectivity index is 3.16. The van der Waals surface area contributed by atoms with Gasteiger partial charge in [0, 0.05) is 11.8 Å². The van der Waals surface area contributed by atoms with Crippen LogP contribution in [0.1, 0.15) is 5.56 Å². The third kappa shape index (κ3) is 1.58. The average Bonchev–Trinajstić information content (AvgIpc) is 2.06. The molecule has 1 aromatic heterocycles. The SMILES string of the molecule is N#CCc1ccc[nH]c1=NO. The average molecular weight is 149 g/mol. The number of hydrogen-bond acceptors (Lipinski definition) is 3. The second kappa shape index (κ2) is 3.42. The number of H-pyrrole nitrogens is 1. The Hall–Kier alpha value is -1.76. The molecular formula is C7H7N3O. The van der Waals surface area contributed by atoms with Crippen molar-refractivity contribution >= 4 is 0 Å². The molecule has 0 saturated carbocycles. The number of aromatic amines is 1. The highest BCUT2D eigenvalue weighted by Crippen LogP contribution is 1.88. The van der Waals surface area contributed by atoms with E-state index in [1.54, 1.807) is 18.3 Å². The quantitative estimate of drug-likeness (QED) is 0.447. The second-order valence-electron chi connectivity index (χ2n) is 1.98. The predicted molar refractivity (Wildman–Crippen MR) is 37.5 cm³/mol. The van der Waals surface area contributed by atoms with Gasteiger partial charge in [0.15, 0.2) is 5.49 Å². The van der Waals surface area contributed by atoms with Gasteiger partial charge in [-0.2, -0.15) is 5.26 Å². The van der Waals surface area contributed by atoms with Gasteiger partial charge in [0.2, 0.25) is 0 Å². The van der Waals surface area contributed by atoms with E-state index < -0.39 is 0 Å². The maximum absolute atomic E-state index is 8.43. The Morgan fingerprint density at radius 1 is 1.73 bits per heavy atom. The van der Waals surface area contributed by atoms with Crippen LogP contribution in [0.5, 0.6) is 0 Å². The lowest BCUT2D eigenvalue weighted by Gasteiger charge is -1.91. The molecule has 56 valence electrons. The van der Waals surface area contributed by atoms with Crippen LogP contribution in [-0.4, -0.2) is 10.2 Å². The molecule has 0 fully saturated rings. The zero-order valence-electron chi connectivity index (χ0n) is 5.78. The van der Waals surface area contributed by atoms with Crippen LogP contribution in [0.4, 0.5) is 0 Å². The minimum Gasteiger partial charge on any atom is -0.409 e. The van der Waals surface area contributed by atoms with Crippen molar-refractivity contribution in [1.29, 1.82) is 5.26 Å². The molecule has 0 atom stereocenters. The lowest BCUT2D eigenvalue weighted by molar-refractivity contribution is 0.297. The summed E-state index contributed by atoms with van der Waals surface area (Å²) in [6, 6.07) is 5.45. The van der Waals surface area contributed by atoms with Gasteiger partial charge in [-0.1, -0.05) is 11.2 Å². The molecule has 0 unspecified atom stereocenters. The van der Waals surface area contributed by atoms with Crippen molar-refractivity contribution in [3.63, 3.8) is 0 Å². The number of aromatic nitrogens is 1. The molecule has 1 heterocycles. The Morgan fingerprint density at radius 3 is 3.18 bits per heavy atom. The fraction of sp³-hybridized carbons (Fsp3) is 0.143. The maximum atomic E-state index is 8.43. The molecule has 0 aliphatic carbocycles. The van der Waals surface area contributed by atoms with Gasteiger partial charge in [-0.3, -0.25) is 0 Å². The molecule has 0 saturated heterocycles. The van der Waals surface area contributed by atoms with Crippen LogP contribution in [0.3, 0.4) is 0 Å². The van der Waals surface area contributed by atoms with Crippen LogP contribution in [0, 0.1) is 11.3 Å². The van der Waals surface area contributed by atoms with Crippen molar-refractivity contribution in [1.82, 2.24) is 4.98 Å². The molecule has 0 aliphatic rings. The summed E-state index contributed by atoms with van der Waals surface area (Å²) in [6.07, 6.45) is 1.88. The van der Waals surface area contributed by atoms with E-state index in [0.717, 1.165) is 0 Å². The number of hydrogen-bond donors (Lipinski definition) is 2. The molecule has 4 heteroatoms. The summed E-state index contributed by atoms with van der Waals surface area (Å²) in [5.41, 5.74) is 1.03. The summed E-state index contributed by atoms with van der Waals surface area (Å²) in [5, 5.41) is 19.8. The van der Waals surface area contributed by atoms with E-state index in [9.17, 15) is 0 Å². The predicted octanol–water partition coefficient (Wildman–Crippen LogP) is 0.371. The van der Waals surface area contributed by atoms with Crippen LogP contribution >= 0.6 is 0 Å². The Bertz CT molecular complexity index is 334. The maximum Gasteiger partial charge on any atom is 0.173 e. The topological polar surface area (TPSA) is 72.2 Å². The van der Waals surface area contributed by atoms with Crippen molar-refractivity contribution in [2.24, 2.45) is 5.16 Å². The molecule has 0 aliphatic heterocycles. The van der Waals surface area contributed by atoms with Gasteiger partial charge >= 0.3 is 0 Å². The summed E-state index contributed by atoms with van der Waals surface area (Å²) in [5.74, 6) is 0. The minimum absolute atomic E-state index is 0.247. The Labute approximate surface area is 63.4 Å². The number of nitrogens with one attached hydrogen (secondary N) is 1. The Kier molecular flexibility index (Phi) is 2.28. The molecule has 0 amide bonds. The summed E-state index contributed by atoms with van der Waals surface area (Å²) < 4.78 is 0. The normalized spacial score (nSPS) is 11.0. The summed E-state index contributed by atoms with van der Waals surface area (Å²) in [7, 11) is 0. The monoisotopic (exact) mass is 149 g/mol. The van der Waals surface area contributed by atoms with Gasteiger partial charge in [0.25, 0.3) is 0 Å². The molecule has 1 aromatic rings. The van der Waals surface area contributed by atoms with Crippen molar-refractivity contribution < 1.29 is 5.21 Å². The fourth-order valence-electron chi connectivity index (χ4n) is 0.784. The highest BCUT2D eigenvalue weighted by molar-refractivity contribution is 5.12.